The van der Waals surface area contributed by atoms with Gasteiger partial charge in [0, 0.05) is 28.3 Å². The van der Waals surface area contributed by atoms with Crippen molar-refractivity contribution in [2.45, 2.75) is 23.8 Å². The molecule has 1 aliphatic rings. The Morgan fingerprint density at radius 3 is 2.63 bits per heavy atom. The normalized spacial score (nSPS) is 16.9. The van der Waals surface area contributed by atoms with E-state index in [1.54, 1.807) is 26.0 Å². The lowest BCUT2D eigenvalue weighted by Crippen LogP contribution is -2.33. The largest absolute Gasteiger partial charge is 0.497 e. The van der Waals surface area contributed by atoms with Crippen LogP contribution in [0.1, 0.15) is 24.4 Å². The predicted molar refractivity (Wildman–Crippen MR) is 110 cm³/mol. The molecule has 1 N–H and O–H groups in total. The summed E-state index contributed by atoms with van der Waals surface area (Å²) < 4.78 is 10.9. The van der Waals surface area contributed by atoms with Gasteiger partial charge in [-0.2, -0.15) is 0 Å². The van der Waals surface area contributed by atoms with Crippen LogP contribution in [0.15, 0.2) is 47.4 Å². The predicted octanol–water partition coefficient (Wildman–Crippen LogP) is 4.20. The van der Waals surface area contributed by atoms with Crippen molar-refractivity contribution in [3.63, 3.8) is 0 Å². The van der Waals surface area contributed by atoms with Gasteiger partial charge in [-0.3, -0.25) is 9.69 Å². The molecule has 0 aromatic heterocycles. The van der Waals surface area contributed by atoms with Crippen molar-refractivity contribution < 1.29 is 14.3 Å². The first-order chi connectivity index (χ1) is 13.1. The topological polar surface area (TPSA) is 50.8 Å². The van der Waals surface area contributed by atoms with Crippen LogP contribution in [0, 0.1) is 0 Å². The Bertz CT molecular complexity index is 779. The molecule has 1 unspecified atom stereocenters. The van der Waals surface area contributed by atoms with Gasteiger partial charge in [-0.05, 0) is 56.0 Å². The van der Waals surface area contributed by atoms with Gasteiger partial charge in [0.05, 0.1) is 20.8 Å². The Morgan fingerprint density at radius 1 is 1.19 bits per heavy atom. The van der Waals surface area contributed by atoms with Gasteiger partial charge >= 0.3 is 0 Å². The van der Waals surface area contributed by atoms with Gasteiger partial charge in [-0.1, -0.05) is 6.07 Å². The van der Waals surface area contributed by atoms with Crippen LogP contribution < -0.4 is 14.8 Å². The van der Waals surface area contributed by atoms with Crippen molar-refractivity contribution >= 4 is 23.4 Å². The number of anilines is 1. The Balaban J connectivity index is 1.68. The van der Waals surface area contributed by atoms with Crippen LogP contribution in [-0.2, 0) is 4.79 Å². The molecule has 0 spiro atoms. The van der Waals surface area contributed by atoms with Crippen molar-refractivity contribution in [3.05, 3.63) is 48.0 Å². The fourth-order valence-corrected chi connectivity index (χ4v) is 3.93. The second-order valence-corrected chi connectivity index (χ2v) is 7.39. The quantitative estimate of drug-likeness (QED) is 0.723. The number of benzene rings is 2. The van der Waals surface area contributed by atoms with Crippen LogP contribution >= 0.6 is 11.8 Å². The minimum absolute atomic E-state index is 0.00581. The zero-order chi connectivity index (χ0) is 19.2. The smallest absolute Gasteiger partial charge is 0.238 e. The Labute approximate surface area is 165 Å². The van der Waals surface area contributed by atoms with E-state index in [-0.39, 0.29) is 11.9 Å². The van der Waals surface area contributed by atoms with E-state index >= 15 is 0 Å². The number of likely N-dealkylation sites (tertiary alicyclic amines) is 1. The average Bonchev–Trinajstić information content (AvgIpc) is 3.15. The van der Waals surface area contributed by atoms with E-state index in [2.05, 4.69) is 10.2 Å². The lowest BCUT2D eigenvalue weighted by molar-refractivity contribution is -0.117. The number of thioether (sulfide) groups is 1. The van der Waals surface area contributed by atoms with Crippen LogP contribution in [-0.4, -0.2) is 44.4 Å². The van der Waals surface area contributed by atoms with Gasteiger partial charge in [0.15, 0.2) is 0 Å². The van der Waals surface area contributed by atoms with Crippen molar-refractivity contribution in [2.75, 3.05) is 38.9 Å². The standard InChI is InChI=1S/C21H26N2O3S/c1-25-16-8-11-18(20(13-16)26-2)19-5-4-12-23(19)14-21(24)22-15-6-9-17(27-3)10-7-15/h6-11,13,19H,4-5,12,14H2,1-3H3,(H,22,24). The maximum atomic E-state index is 12.5. The number of carbonyl (C=O) groups excluding carboxylic acids is 1. The van der Waals surface area contributed by atoms with E-state index in [9.17, 15) is 4.79 Å². The van der Waals surface area contributed by atoms with Gasteiger partial charge < -0.3 is 14.8 Å². The first kappa shape index (κ1) is 19.6. The van der Waals surface area contributed by atoms with Crippen molar-refractivity contribution in [3.8, 4) is 11.5 Å². The zero-order valence-electron chi connectivity index (χ0n) is 16.0. The number of hydrogen-bond donors (Lipinski definition) is 1. The molecule has 1 atom stereocenters. The summed E-state index contributed by atoms with van der Waals surface area (Å²) >= 11 is 1.68. The molecule has 144 valence electrons. The first-order valence-electron chi connectivity index (χ1n) is 9.04. The lowest BCUT2D eigenvalue weighted by atomic mass is 10.0. The second-order valence-electron chi connectivity index (χ2n) is 6.51. The fraction of sp³-hybridized carbons (Fsp3) is 0.381. The Hall–Kier alpha value is -2.18. The number of methoxy groups -OCH3 is 2. The highest BCUT2D eigenvalue weighted by atomic mass is 32.2. The SMILES string of the molecule is COc1ccc(C2CCCN2CC(=O)Nc2ccc(SC)cc2)c(OC)c1. The molecule has 0 bridgehead atoms. The van der Waals surface area contributed by atoms with Crippen molar-refractivity contribution in [2.24, 2.45) is 0 Å². The number of hydrogen-bond acceptors (Lipinski definition) is 5. The molecule has 1 fully saturated rings. The molecule has 6 heteroatoms. The van der Waals surface area contributed by atoms with Gasteiger partial charge in [0.2, 0.25) is 5.91 Å². The van der Waals surface area contributed by atoms with Crippen LogP contribution in [0.25, 0.3) is 0 Å². The summed E-state index contributed by atoms with van der Waals surface area (Å²) in [5, 5.41) is 3.00. The Morgan fingerprint density at radius 2 is 1.96 bits per heavy atom. The molecule has 1 saturated heterocycles. The molecule has 2 aromatic carbocycles. The lowest BCUT2D eigenvalue weighted by Gasteiger charge is -2.26. The summed E-state index contributed by atoms with van der Waals surface area (Å²) in [6, 6.07) is 14.0. The molecule has 0 radical (unpaired) electrons. The first-order valence-corrected chi connectivity index (χ1v) is 10.3. The van der Waals surface area contributed by atoms with Gasteiger partial charge in [-0.25, -0.2) is 0 Å². The molecule has 27 heavy (non-hydrogen) atoms. The molecule has 0 saturated carbocycles. The Kier molecular flexibility index (Phi) is 6.63. The third-order valence-electron chi connectivity index (χ3n) is 4.88. The maximum Gasteiger partial charge on any atom is 0.238 e. The minimum Gasteiger partial charge on any atom is -0.497 e. The summed E-state index contributed by atoms with van der Waals surface area (Å²) in [5.74, 6) is 1.58. The summed E-state index contributed by atoms with van der Waals surface area (Å²) in [6.07, 6.45) is 4.11. The highest BCUT2D eigenvalue weighted by Gasteiger charge is 2.29. The number of rotatable bonds is 7. The number of nitrogens with one attached hydrogen (secondary N) is 1. The number of ether oxygens (including phenoxy) is 2. The summed E-state index contributed by atoms with van der Waals surface area (Å²) in [4.78, 5) is 15.9. The molecule has 3 rings (SSSR count). The monoisotopic (exact) mass is 386 g/mol. The minimum atomic E-state index is 0.00581. The molecule has 1 aliphatic heterocycles. The third kappa shape index (κ3) is 4.76. The molecule has 2 aromatic rings. The van der Waals surface area contributed by atoms with E-state index in [1.807, 2.05) is 48.7 Å². The number of amides is 1. The van der Waals surface area contributed by atoms with Crippen molar-refractivity contribution in [1.29, 1.82) is 0 Å². The summed E-state index contributed by atoms with van der Waals surface area (Å²) in [6.45, 7) is 1.27. The maximum absolute atomic E-state index is 12.5. The molecule has 1 amide bonds. The molecular formula is C21H26N2O3S. The average molecular weight is 387 g/mol. The van der Waals surface area contributed by atoms with Gasteiger partial charge in [0.25, 0.3) is 0 Å². The number of nitrogens with zero attached hydrogens (tertiary/aromatic N) is 1. The van der Waals surface area contributed by atoms with E-state index in [0.717, 1.165) is 42.1 Å². The van der Waals surface area contributed by atoms with Crippen LogP contribution in [0.4, 0.5) is 5.69 Å². The van der Waals surface area contributed by atoms with E-state index in [1.165, 1.54) is 4.90 Å². The summed E-state index contributed by atoms with van der Waals surface area (Å²) in [7, 11) is 3.31. The molecule has 0 aliphatic carbocycles. The number of carbonyl (C=O) groups is 1. The summed E-state index contributed by atoms with van der Waals surface area (Å²) in [5.41, 5.74) is 1.93. The molecule has 5 nitrogen and oxygen atoms in total. The van der Waals surface area contributed by atoms with Gasteiger partial charge in [-0.15, -0.1) is 11.8 Å². The van der Waals surface area contributed by atoms with Gasteiger partial charge in [0.1, 0.15) is 11.5 Å². The highest BCUT2D eigenvalue weighted by molar-refractivity contribution is 7.98. The fourth-order valence-electron chi connectivity index (χ4n) is 3.52. The zero-order valence-corrected chi connectivity index (χ0v) is 16.8. The van der Waals surface area contributed by atoms with Crippen molar-refractivity contribution in [1.82, 2.24) is 4.90 Å². The molecular weight excluding hydrogens is 360 g/mol. The van der Waals surface area contributed by atoms with E-state index < -0.39 is 0 Å². The van der Waals surface area contributed by atoms with E-state index in [4.69, 9.17) is 9.47 Å². The van der Waals surface area contributed by atoms with Crippen LogP contribution in [0.3, 0.4) is 0 Å². The van der Waals surface area contributed by atoms with E-state index in [0.29, 0.717) is 6.54 Å². The van der Waals surface area contributed by atoms with Crippen LogP contribution in [0.2, 0.25) is 0 Å². The van der Waals surface area contributed by atoms with Crippen LogP contribution in [0.5, 0.6) is 11.5 Å². The highest BCUT2D eigenvalue weighted by Crippen LogP contribution is 2.38. The third-order valence-corrected chi connectivity index (χ3v) is 5.63. The second kappa shape index (κ2) is 9.15. The molecule has 1 heterocycles.